The van der Waals surface area contributed by atoms with E-state index in [1.165, 1.54) is 57.8 Å². The average molecular weight is 1150 g/mol. The number of carbonyl (C=O) groups is 3. The highest BCUT2D eigenvalue weighted by Crippen LogP contribution is 2.15. The minimum atomic E-state index is -1.64. The molecule has 0 bridgehead atoms. The Morgan fingerprint density at radius 3 is 0.964 bits per heavy atom. The molecule has 0 fully saturated rings. The van der Waals surface area contributed by atoms with Gasteiger partial charge in [-0.15, -0.1) is 0 Å². The fourth-order valence-electron chi connectivity index (χ4n) is 8.34. The van der Waals surface area contributed by atoms with Crippen LogP contribution in [0.4, 0.5) is 0 Å². The molecule has 0 aliphatic carbocycles. The van der Waals surface area contributed by atoms with Gasteiger partial charge in [0.2, 0.25) is 0 Å². The molecule has 0 rings (SSSR count). The quantitative estimate of drug-likeness (QED) is 0.0195. The molecule has 0 amide bonds. The van der Waals surface area contributed by atoms with Crippen molar-refractivity contribution in [1.29, 1.82) is 0 Å². The average Bonchev–Trinajstić information content (AvgIpc) is 3.46. The second-order valence-electron chi connectivity index (χ2n) is 22.3. The molecule has 0 aromatic heterocycles. The fraction of sp³-hybridized carbons (Fsp3) is 0.608. The predicted molar refractivity (Wildman–Crippen MR) is 352 cm³/mol. The van der Waals surface area contributed by atoms with Crippen molar-refractivity contribution in [3.8, 4) is 0 Å². The minimum absolute atomic E-state index is 0.136. The van der Waals surface area contributed by atoms with E-state index in [4.69, 9.17) is 18.9 Å². The van der Waals surface area contributed by atoms with Crippen LogP contribution >= 0.6 is 0 Å². The van der Waals surface area contributed by atoms with Gasteiger partial charge < -0.3 is 33.3 Å². The Morgan fingerprint density at radius 2 is 0.651 bits per heavy atom. The Morgan fingerprint density at radius 1 is 0.361 bits per heavy atom. The van der Waals surface area contributed by atoms with E-state index in [2.05, 4.69) is 172 Å². The largest absolute Gasteiger partial charge is 0.545 e. The lowest BCUT2D eigenvalue weighted by Gasteiger charge is -2.26. The predicted octanol–water partition coefficient (Wildman–Crippen LogP) is 18.8. The molecule has 0 saturated heterocycles. The molecule has 0 spiro atoms. The van der Waals surface area contributed by atoms with E-state index in [1.54, 1.807) is 0 Å². The second-order valence-corrected chi connectivity index (χ2v) is 22.3. The van der Waals surface area contributed by atoms with Crippen LogP contribution in [0.2, 0.25) is 0 Å². The lowest BCUT2D eigenvalue weighted by atomic mass is 10.1. The van der Waals surface area contributed by atoms with Crippen molar-refractivity contribution in [3.05, 3.63) is 158 Å². The first kappa shape index (κ1) is 77.9. The van der Waals surface area contributed by atoms with Gasteiger partial charge in [-0.05, 0) is 122 Å². The van der Waals surface area contributed by atoms with E-state index in [1.807, 2.05) is 21.1 Å². The molecular formula is C74H119NO8. The van der Waals surface area contributed by atoms with Gasteiger partial charge in [0.1, 0.15) is 13.2 Å². The number of allylic oxidation sites excluding steroid dienone is 26. The van der Waals surface area contributed by atoms with Crippen molar-refractivity contribution in [1.82, 2.24) is 0 Å². The highest BCUT2D eigenvalue weighted by Gasteiger charge is 2.22. The van der Waals surface area contributed by atoms with E-state index in [9.17, 15) is 19.5 Å². The number of esters is 2. The van der Waals surface area contributed by atoms with Gasteiger partial charge in [-0.25, -0.2) is 0 Å². The van der Waals surface area contributed by atoms with Crippen LogP contribution in [-0.2, 0) is 33.3 Å². The third-order valence-electron chi connectivity index (χ3n) is 13.3. The van der Waals surface area contributed by atoms with E-state index in [-0.39, 0.29) is 38.6 Å². The summed E-state index contributed by atoms with van der Waals surface area (Å²) in [5.74, 6) is -2.32. The first-order valence-corrected chi connectivity index (χ1v) is 32.6. The summed E-state index contributed by atoms with van der Waals surface area (Å²) in [6.07, 6.45) is 90.1. The summed E-state index contributed by atoms with van der Waals surface area (Å²) in [5.41, 5.74) is 0. The number of unbranched alkanes of at least 4 members (excludes halogenated alkanes) is 17. The number of quaternary nitrogens is 1. The number of carbonyl (C=O) groups excluding carboxylic acids is 3. The van der Waals surface area contributed by atoms with Crippen molar-refractivity contribution in [2.45, 2.75) is 245 Å². The Balaban J connectivity index is 4.26. The van der Waals surface area contributed by atoms with Crippen LogP contribution in [0.5, 0.6) is 0 Å². The van der Waals surface area contributed by atoms with Gasteiger partial charge in [0.15, 0.2) is 12.4 Å². The molecule has 0 aromatic rings. The summed E-state index contributed by atoms with van der Waals surface area (Å²) in [7, 11) is 5.91. The van der Waals surface area contributed by atoms with E-state index >= 15 is 0 Å². The Labute approximate surface area is 508 Å². The third kappa shape index (κ3) is 64.3. The van der Waals surface area contributed by atoms with Crippen LogP contribution in [0, 0.1) is 0 Å². The second kappa shape index (κ2) is 62.9. The lowest BCUT2D eigenvalue weighted by molar-refractivity contribution is -0.870. The van der Waals surface area contributed by atoms with Crippen LogP contribution < -0.4 is 5.11 Å². The van der Waals surface area contributed by atoms with Crippen molar-refractivity contribution < 1.29 is 42.9 Å². The Bertz CT molecular complexity index is 1920. The molecule has 9 heteroatoms. The lowest BCUT2D eigenvalue weighted by Crippen LogP contribution is -2.44. The highest BCUT2D eigenvalue weighted by atomic mass is 16.7. The van der Waals surface area contributed by atoms with E-state index < -0.39 is 24.3 Å². The van der Waals surface area contributed by atoms with Crippen LogP contribution in [-0.4, -0.2) is 82.3 Å². The molecule has 2 atom stereocenters. The van der Waals surface area contributed by atoms with Gasteiger partial charge in [0.05, 0.1) is 40.3 Å². The molecule has 0 radical (unpaired) electrons. The number of rotatable bonds is 58. The van der Waals surface area contributed by atoms with Crippen LogP contribution in [0.3, 0.4) is 0 Å². The number of hydrogen-bond acceptors (Lipinski definition) is 8. The zero-order valence-electron chi connectivity index (χ0n) is 53.2. The SMILES string of the molecule is CC/C=C\C/C=C\C/C=C\C/C=C\C/C=C\C/C=C\C/C=C\C/C=C\CCCCCCCCCCC(=O)OC(COC(=O)CCCCCCCCCCC/C=C\C/C=C\C/C=C\C/C=C\C/C=C\CC)COC(OCC[N+](C)(C)C)C(=O)[O-]. The van der Waals surface area contributed by atoms with Gasteiger partial charge in [-0.2, -0.15) is 0 Å². The number of carboxylic acids is 1. The maximum Gasteiger partial charge on any atom is 0.306 e. The van der Waals surface area contributed by atoms with E-state index in [0.29, 0.717) is 17.4 Å². The zero-order valence-corrected chi connectivity index (χ0v) is 53.2. The molecule has 0 N–H and O–H groups in total. The number of hydrogen-bond donors (Lipinski definition) is 0. The smallest absolute Gasteiger partial charge is 0.306 e. The van der Waals surface area contributed by atoms with Crippen molar-refractivity contribution in [2.24, 2.45) is 0 Å². The van der Waals surface area contributed by atoms with Gasteiger partial charge in [0.25, 0.3) is 0 Å². The van der Waals surface area contributed by atoms with Crippen LogP contribution in [0.25, 0.3) is 0 Å². The van der Waals surface area contributed by atoms with Gasteiger partial charge in [-0.1, -0.05) is 255 Å². The van der Waals surface area contributed by atoms with Crippen molar-refractivity contribution in [2.75, 3.05) is 47.5 Å². The molecular weight excluding hydrogens is 1030 g/mol. The number of likely N-dealkylation sites (N-methyl/N-ethyl adjacent to an activating group) is 1. The maximum absolute atomic E-state index is 12.9. The van der Waals surface area contributed by atoms with E-state index in [0.717, 1.165) is 141 Å². The summed E-state index contributed by atoms with van der Waals surface area (Å²) in [6, 6.07) is 0. The molecule has 83 heavy (non-hydrogen) atoms. The maximum atomic E-state index is 12.9. The minimum Gasteiger partial charge on any atom is -0.545 e. The number of nitrogens with zero attached hydrogens (tertiary/aromatic N) is 1. The number of carboxylic acid groups (broad SMARTS) is 1. The van der Waals surface area contributed by atoms with Gasteiger partial charge in [-0.3, -0.25) is 9.59 Å². The summed E-state index contributed by atoms with van der Waals surface area (Å²) in [6.45, 7) is 4.49. The molecule has 0 saturated carbocycles. The zero-order chi connectivity index (χ0) is 60.5. The molecule has 0 aliphatic heterocycles. The summed E-state index contributed by atoms with van der Waals surface area (Å²) < 4.78 is 22.7. The Kier molecular flexibility index (Phi) is 59.1. The number of ether oxygens (including phenoxy) is 4. The standard InChI is InChI=1S/C74H119NO8/c1-6-8-10-12-14-16-18-20-22-24-26-28-30-32-33-34-35-36-37-38-39-41-43-45-47-49-51-53-55-57-59-61-63-65-72(77)83-70(69-82-74(73(78)79)80-67-66-75(3,4)5)68-81-71(76)64-62-60-58-56-54-52-50-48-46-44-42-40-31-29-27-25-23-21-19-17-15-13-11-9-7-2/h8-11,14-17,20-23,26-29,32-33,35-36,38-40,42-43,45,70,74H,6-7,12-13,18-19,24-25,30-31,34,37,41,44,46-69H2,1-5H3/b10-8-,11-9-,16-14-,17-15-,22-20-,23-21-,28-26-,29-27-,33-32-,36-35-,39-38-,42-40-,45-43-. The van der Waals surface area contributed by atoms with Crippen LogP contribution in [0.1, 0.15) is 232 Å². The third-order valence-corrected chi connectivity index (χ3v) is 13.3. The first-order valence-electron chi connectivity index (χ1n) is 32.6. The first-order chi connectivity index (χ1) is 40.6. The highest BCUT2D eigenvalue weighted by molar-refractivity contribution is 5.70. The molecule has 9 nitrogen and oxygen atoms in total. The molecule has 0 aliphatic rings. The van der Waals surface area contributed by atoms with Crippen LogP contribution in [0.15, 0.2) is 158 Å². The molecule has 0 heterocycles. The summed E-state index contributed by atoms with van der Waals surface area (Å²) >= 11 is 0. The fourth-order valence-corrected chi connectivity index (χ4v) is 8.34. The van der Waals surface area contributed by atoms with Crippen molar-refractivity contribution in [3.63, 3.8) is 0 Å². The number of aliphatic carboxylic acids is 1. The summed E-state index contributed by atoms with van der Waals surface area (Å²) in [5, 5.41) is 11.8. The summed E-state index contributed by atoms with van der Waals surface area (Å²) in [4.78, 5) is 37.4. The monoisotopic (exact) mass is 1150 g/mol. The molecule has 0 aromatic carbocycles. The Hall–Kier alpha value is -5.09. The topological polar surface area (TPSA) is 111 Å². The normalized spacial score (nSPS) is 13.8. The van der Waals surface area contributed by atoms with Crippen molar-refractivity contribution >= 4 is 17.9 Å². The molecule has 468 valence electrons. The molecule has 2 unspecified atom stereocenters. The van der Waals surface area contributed by atoms with Gasteiger partial charge >= 0.3 is 11.9 Å². The van der Waals surface area contributed by atoms with Gasteiger partial charge in [0, 0.05) is 12.8 Å².